The van der Waals surface area contributed by atoms with Crippen molar-refractivity contribution >= 4 is 69.5 Å². The molecule has 0 bridgehead atoms. The molecule has 1 fully saturated rings. The van der Waals surface area contributed by atoms with E-state index in [0.29, 0.717) is 31.9 Å². The fourth-order valence-corrected chi connectivity index (χ4v) is 7.67. The third-order valence-corrected chi connectivity index (χ3v) is 9.51. The lowest BCUT2D eigenvalue weighted by molar-refractivity contribution is -0.384. The minimum Gasteiger partial charge on any atom is -0.484 e. The summed E-state index contributed by atoms with van der Waals surface area (Å²) in [5.74, 6) is -2.48. The van der Waals surface area contributed by atoms with Gasteiger partial charge in [0.2, 0.25) is 11.8 Å². The molecular formula is C28H19ClN4O7S2. The largest absolute Gasteiger partial charge is 0.484 e. The highest BCUT2D eigenvalue weighted by molar-refractivity contribution is 8.00. The highest BCUT2D eigenvalue weighted by atomic mass is 35.5. The SMILES string of the molecule is O=C(COc1cccc([C@@H]2c3sc(=O)[nH]c3S[C@H]3C(=O)N(c4ccc([N+](=O)[O-])cc4)C(=O)[C@@H]23)c1)Nc1ccc(Cl)cc1. The summed E-state index contributed by atoms with van der Waals surface area (Å²) in [6.07, 6.45) is 0. The number of anilines is 2. The molecule has 3 aromatic carbocycles. The Morgan fingerprint density at radius 3 is 2.50 bits per heavy atom. The van der Waals surface area contributed by atoms with Crippen molar-refractivity contribution in [3.8, 4) is 5.75 Å². The molecule has 212 valence electrons. The van der Waals surface area contributed by atoms with E-state index < -0.39 is 39.7 Å². The van der Waals surface area contributed by atoms with E-state index in [2.05, 4.69) is 10.3 Å². The smallest absolute Gasteiger partial charge is 0.305 e. The molecule has 6 rings (SSSR count). The second-order valence-corrected chi connectivity index (χ2v) is 12.1. The normalized spacial score (nSPS) is 19.3. The second-order valence-electron chi connectivity index (χ2n) is 9.45. The van der Waals surface area contributed by atoms with Crippen LogP contribution in [0.4, 0.5) is 17.1 Å². The maximum Gasteiger partial charge on any atom is 0.305 e. The van der Waals surface area contributed by atoms with Gasteiger partial charge in [0.1, 0.15) is 11.0 Å². The first-order valence-electron chi connectivity index (χ1n) is 12.5. The number of aromatic nitrogens is 1. The number of carbonyl (C=O) groups is 3. The van der Waals surface area contributed by atoms with E-state index in [1.165, 1.54) is 24.3 Å². The van der Waals surface area contributed by atoms with E-state index in [9.17, 15) is 29.3 Å². The lowest BCUT2D eigenvalue weighted by Gasteiger charge is -2.30. The van der Waals surface area contributed by atoms with E-state index in [-0.39, 0.29) is 22.9 Å². The topological polar surface area (TPSA) is 152 Å². The molecule has 1 aromatic heterocycles. The number of hydrogen-bond acceptors (Lipinski definition) is 9. The molecule has 2 aliphatic heterocycles. The lowest BCUT2D eigenvalue weighted by atomic mass is 9.83. The molecule has 2 N–H and O–H groups in total. The number of hydrogen-bond donors (Lipinski definition) is 2. The molecule has 2 aliphatic rings. The van der Waals surface area contributed by atoms with E-state index in [4.69, 9.17) is 16.3 Å². The number of aromatic amines is 1. The van der Waals surface area contributed by atoms with Gasteiger partial charge in [-0.3, -0.25) is 29.3 Å². The van der Waals surface area contributed by atoms with Gasteiger partial charge in [0.05, 0.1) is 21.6 Å². The number of non-ortho nitro benzene ring substituents is 1. The van der Waals surface area contributed by atoms with Gasteiger partial charge in [0.15, 0.2) is 6.61 Å². The third-order valence-electron chi connectivity index (χ3n) is 6.86. The van der Waals surface area contributed by atoms with Crippen LogP contribution in [0.3, 0.4) is 0 Å². The summed E-state index contributed by atoms with van der Waals surface area (Å²) in [5, 5.41) is 14.0. The maximum absolute atomic E-state index is 13.8. The van der Waals surface area contributed by atoms with E-state index in [0.717, 1.165) is 28.0 Å². The first-order valence-corrected chi connectivity index (χ1v) is 14.6. The van der Waals surface area contributed by atoms with Gasteiger partial charge in [-0.2, -0.15) is 0 Å². The fourth-order valence-electron chi connectivity index (χ4n) is 5.03. The molecule has 3 heterocycles. The molecule has 1 saturated heterocycles. The number of nitro benzene ring substituents is 1. The number of imide groups is 1. The molecule has 3 atom stereocenters. The number of thioether (sulfide) groups is 1. The molecular weight excluding hydrogens is 604 g/mol. The number of fused-ring (bicyclic) bond motifs is 2. The molecule has 42 heavy (non-hydrogen) atoms. The minimum atomic E-state index is -0.847. The van der Waals surface area contributed by atoms with Gasteiger partial charge >= 0.3 is 4.87 Å². The van der Waals surface area contributed by atoms with E-state index in [1.54, 1.807) is 48.5 Å². The Hall–Kier alpha value is -4.46. The summed E-state index contributed by atoms with van der Waals surface area (Å²) in [7, 11) is 0. The summed E-state index contributed by atoms with van der Waals surface area (Å²) >= 11 is 7.98. The molecule has 0 saturated carbocycles. The highest BCUT2D eigenvalue weighted by Crippen LogP contribution is 2.53. The summed E-state index contributed by atoms with van der Waals surface area (Å²) < 4.78 is 5.74. The van der Waals surface area contributed by atoms with Gasteiger partial charge in [-0.05, 0) is 54.1 Å². The minimum absolute atomic E-state index is 0.166. The number of H-pyrrole nitrogens is 1. The van der Waals surface area contributed by atoms with Crippen LogP contribution < -0.4 is 19.8 Å². The van der Waals surface area contributed by atoms with Crippen LogP contribution >= 0.6 is 34.7 Å². The first-order chi connectivity index (χ1) is 20.2. The number of thiazole rings is 1. The van der Waals surface area contributed by atoms with Gasteiger partial charge in [-0.15, -0.1) is 0 Å². The predicted octanol–water partition coefficient (Wildman–Crippen LogP) is 4.81. The number of nitrogens with zero attached hydrogens (tertiary/aromatic N) is 2. The molecule has 0 spiro atoms. The summed E-state index contributed by atoms with van der Waals surface area (Å²) in [6, 6.07) is 18.7. The Kier molecular flexibility index (Phi) is 7.31. The van der Waals surface area contributed by atoms with Gasteiger partial charge in [-0.1, -0.05) is 46.8 Å². The van der Waals surface area contributed by atoms with Crippen molar-refractivity contribution in [3.63, 3.8) is 0 Å². The van der Waals surface area contributed by atoms with Gasteiger partial charge in [-0.25, -0.2) is 4.90 Å². The highest BCUT2D eigenvalue weighted by Gasteiger charge is 2.56. The van der Waals surface area contributed by atoms with Crippen molar-refractivity contribution in [2.24, 2.45) is 5.92 Å². The second kappa shape index (κ2) is 11.1. The van der Waals surface area contributed by atoms with Crippen LogP contribution in [0.25, 0.3) is 0 Å². The summed E-state index contributed by atoms with van der Waals surface area (Å²) in [6.45, 7) is -0.285. The number of rotatable bonds is 7. The number of nitrogens with one attached hydrogen (secondary N) is 2. The Morgan fingerprint density at radius 1 is 1.05 bits per heavy atom. The summed E-state index contributed by atoms with van der Waals surface area (Å²) in [5.41, 5.74) is 1.25. The van der Waals surface area contributed by atoms with Crippen LogP contribution in [0.2, 0.25) is 5.02 Å². The predicted molar refractivity (Wildman–Crippen MR) is 158 cm³/mol. The number of halogens is 1. The first kappa shape index (κ1) is 27.7. The Morgan fingerprint density at radius 2 is 1.79 bits per heavy atom. The Labute approximate surface area is 250 Å². The van der Waals surface area contributed by atoms with Gasteiger partial charge < -0.3 is 15.0 Å². The van der Waals surface area contributed by atoms with E-state index >= 15 is 0 Å². The summed E-state index contributed by atoms with van der Waals surface area (Å²) in [4.78, 5) is 66.9. The zero-order chi connectivity index (χ0) is 29.5. The van der Waals surface area contributed by atoms with E-state index in [1.807, 2.05) is 0 Å². The third kappa shape index (κ3) is 5.17. The molecule has 0 unspecified atom stereocenters. The monoisotopic (exact) mass is 622 g/mol. The van der Waals surface area contributed by atoms with Crippen LogP contribution in [-0.4, -0.2) is 39.5 Å². The van der Waals surface area contributed by atoms with Crippen LogP contribution in [0.5, 0.6) is 5.75 Å². The van der Waals surface area contributed by atoms with Gasteiger partial charge in [0.25, 0.3) is 11.6 Å². The molecule has 4 aromatic rings. The van der Waals surface area contributed by atoms with Gasteiger partial charge in [0, 0.05) is 33.6 Å². The molecule has 0 aliphatic carbocycles. The van der Waals surface area contributed by atoms with Crippen molar-refractivity contribution in [3.05, 3.63) is 108 Å². The maximum atomic E-state index is 13.8. The van der Waals surface area contributed by atoms with Crippen molar-refractivity contribution in [1.29, 1.82) is 0 Å². The Balaban J connectivity index is 1.28. The van der Waals surface area contributed by atoms with Crippen molar-refractivity contribution < 1.29 is 24.0 Å². The van der Waals surface area contributed by atoms with Crippen LogP contribution in [0, 0.1) is 16.0 Å². The quantitative estimate of drug-likeness (QED) is 0.169. The Bertz CT molecular complexity index is 1790. The molecule has 0 radical (unpaired) electrons. The number of ether oxygens (including phenoxy) is 1. The lowest BCUT2D eigenvalue weighted by Crippen LogP contribution is -2.32. The standard InChI is InChI=1S/C28H19ClN4O7S2/c29-15-4-6-16(7-5-15)30-20(34)13-40-19-3-1-2-14(12-19)21-22-24(41-25-23(21)42-28(37)31-25)27(36)32(26(22)35)17-8-10-18(11-9-17)33(38)39/h1-12,21-22,24H,13H2,(H,30,34)(H,31,37)/t21-,22-,24+/m0/s1. The molecule has 14 heteroatoms. The zero-order valence-electron chi connectivity index (χ0n) is 21.3. The number of carbonyl (C=O) groups excluding carboxylic acids is 3. The fraction of sp³-hybridized carbons (Fsp3) is 0.143. The van der Waals surface area contributed by atoms with Crippen molar-refractivity contribution in [2.45, 2.75) is 16.2 Å². The molecule has 11 nitrogen and oxygen atoms in total. The number of benzene rings is 3. The average molecular weight is 623 g/mol. The van der Waals surface area contributed by atoms with Crippen LogP contribution in [0.1, 0.15) is 16.4 Å². The molecule has 3 amide bonds. The number of nitro groups is 1. The van der Waals surface area contributed by atoms with Crippen molar-refractivity contribution in [1.82, 2.24) is 4.98 Å². The average Bonchev–Trinajstić information content (AvgIpc) is 3.47. The zero-order valence-corrected chi connectivity index (χ0v) is 23.7. The van der Waals surface area contributed by atoms with Crippen molar-refractivity contribution in [2.75, 3.05) is 16.8 Å². The number of amides is 3. The van der Waals surface area contributed by atoms with Crippen LogP contribution in [-0.2, 0) is 14.4 Å². The van der Waals surface area contributed by atoms with Crippen LogP contribution in [0.15, 0.2) is 82.6 Å².